The van der Waals surface area contributed by atoms with Gasteiger partial charge in [-0.25, -0.2) is 0 Å². The van der Waals surface area contributed by atoms with Crippen molar-refractivity contribution in [2.75, 3.05) is 0 Å². The van der Waals surface area contributed by atoms with E-state index in [-0.39, 0.29) is 5.92 Å². The van der Waals surface area contributed by atoms with Crippen molar-refractivity contribution in [3.8, 4) is 0 Å². The van der Waals surface area contributed by atoms with E-state index in [2.05, 4.69) is 6.92 Å². The quantitative estimate of drug-likeness (QED) is 0.726. The molecule has 1 rings (SSSR count). The van der Waals surface area contributed by atoms with Crippen LogP contribution in [-0.4, -0.2) is 11.1 Å². The molecule has 16 heavy (non-hydrogen) atoms. The Morgan fingerprint density at radius 1 is 0.938 bits per heavy atom. The molecular weight excluding hydrogens is 200 g/mol. The van der Waals surface area contributed by atoms with E-state index in [1.165, 1.54) is 44.9 Å². The molecule has 0 amide bonds. The Morgan fingerprint density at radius 2 is 1.44 bits per heavy atom. The van der Waals surface area contributed by atoms with E-state index in [0.717, 1.165) is 19.3 Å². The monoisotopic (exact) mass is 226 g/mol. The number of aliphatic carboxylic acids is 1. The van der Waals surface area contributed by atoms with Crippen LogP contribution in [0.15, 0.2) is 0 Å². The summed E-state index contributed by atoms with van der Waals surface area (Å²) in [6.45, 7) is 2.21. The van der Waals surface area contributed by atoms with Crippen molar-refractivity contribution in [1.82, 2.24) is 0 Å². The second-order valence-corrected chi connectivity index (χ2v) is 5.43. The largest absolute Gasteiger partial charge is 0.481 e. The van der Waals surface area contributed by atoms with E-state index < -0.39 is 5.97 Å². The molecule has 94 valence electrons. The summed E-state index contributed by atoms with van der Waals surface area (Å²) < 4.78 is 0. The summed E-state index contributed by atoms with van der Waals surface area (Å²) in [5.41, 5.74) is 0. The summed E-state index contributed by atoms with van der Waals surface area (Å²) in [5.74, 6) is -0.0844. The van der Waals surface area contributed by atoms with E-state index in [1.54, 1.807) is 0 Å². The maximum atomic E-state index is 11.1. The van der Waals surface area contributed by atoms with Gasteiger partial charge in [-0.2, -0.15) is 0 Å². The fourth-order valence-electron chi connectivity index (χ4n) is 2.71. The van der Waals surface area contributed by atoms with Gasteiger partial charge in [0.15, 0.2) is 0 Å². The molecule has 0 spiro atoms. The minimum absolute atomic E-state index is 0.0885. The molecule has 1 N–H and O–H groups in total. The smallest absolute Gasteiger partial charge is 0.306 e. The Bertz CT molecular complexity index is 201. The van der Waals surface area contributed by atoms with Crippen LogP contribution in [0.25, 0.3) is 0 Å². The second-order valence-electron chi connectivity index (χ2n) is 5.43. The number of hydrogen-bond donors (Lipinski definition) is 1. The lowest BCUT2D eigenvalue weighted by Crippen LogP contribution is -2.17. The molecule has 1 fully saturated rings. The van der Waals surface area contributed by atoms with Crippen LogP contribution in [0.5, 0.6) is 0 Å². The van der Waals surface area contributed by atoms with Gasteiger partial charge in [0, 0.05) is 0 Å². The van der Waals surface area contributed by atoms with Gasteiger partial charge in [0.05, 0.1) is 5.92 Å². The first-order valence-corrected chi connectivity index (χ1v) is 6.93. The normalized spacial score (nSPS) is 30.1. The number of carboxylic acids is 1. The first-order chi connectivity index (χ1) is 7.70. The maximum Gasteiger partial charge on any atom is 0.306 e. The average Bonchev–Trinajstić information content (AvgIpc) is 2.22. The molecule has 2 nitrogen and oxygen atoms in total. The lowest BCUT2D eigenvalue weighted by molar-refractivity contribution is -0.142. The van der Waals surface area contributed by atoms with Crippen LogP contribution >= 0.6 is 0 Å². The zero-order chi connectivity index (χ0) is 11.8. The highest BCUT2D eigenvalue weighted by Crippen LogP contribution is 2.24. The molecule has 0 radical (unpaired) electrons. The summed E-state index contributed by atoms with van der Waals surface area (Å²) in [6, 6.07) is 0. The molecule has 1 aliphatic carbocycles. The van der Waals surface area contributed by atoms with Gasteiger partial charge in [0.25, 0.3) is 0 Å². The predicted molar refractivity (Wildman–Crippen MR) is 66.5 cm³/mol. The molecule has 0 aromatic carbocycles. The molecule has 2 atom stereocenters. The number of carbonyl (C=O) groups is 1. The summed E-state index contributed by atoms with van der Waals surface area (Å²) in [6.07, 6.45) is 11.9. The molecule has 1 aliphatic rings. The first kappa shape index (κ1) is 13.5. The van der Waals surface area contributed by atoms with E-state index >= 15 is 0 Å². The van der Waals surface area contributed by atoms with Crippen molar-refractivity contribution in [3.05, 3.63) is 0 Å². The van der Waals surface area contributed by atoms with Gasteiger partial charge >= 0.3 is 5.97 Å². The van der Waals surface area contributed by atoms with Crippen molar-refractivity contribution in [3.63, 3.8) is 0 Å². The van der Waals surface area contributed by atoms with Gasteiger partial charge in [0.2, 0.25) is 0 Å². The fourth-order valence-corrected chi connectivity index (χ4v) is 2.71. The Morgan fingerprint density at radius 3 is 2.00 bits per heavy atom. The van der Waals surface area contributed by atoms with Gasteiger partial charge in [0.1, 0.15) is 0 Å². The zero-order valence-electron chi connectivity index (χ0n) is 10.6. The topological polar surface area (TPSA) is 37.3 Å². The highest BCUT2D eigenvalue weighted by atomic mass is 16.4. The van der Waals surface area contributed by atoms with Gasteiger partial charge in [-0.05, 0) is 18.8 Å². The minimum atomic E-state index is -0.580. The fraction of sp³-hybridized carbons (Fsp3) is 0.929. The summed E-state index contributed by atoms with van der Waals surface area (Å²) in [4.78, 5) is 11.1. The van der Waals surface area contributed by atoms with Crippen molar-refractivity contribution >= 4 is 5.97 Å². The van der Waals surface area contributed by atoms with Gasteiger partial charge < -0.3 is 5.11 Å². The first-order valence-electron chi connectivity index (χ1n) is 6.93. The summed E-state index contributed by atoms with van der Waals surface area (Å²) in [5, 5.41) is 9.16. The lowest BCUT2D eigenvalue weighted by atomic mass is 9.87. The van der Waals surface area contributed by atoms with Crippen molar-refractivity contribution in [1.29, 1.82) is 0 Å². The molecule has 1 saturated carbocycles. The Balaban J connectivity index is 2.41. The molecular formula is C14H26O2. The Kier molecular flexibility index (Phi) is 6.51. The predicted octanol–water partition coefficient (Wildman–Crippen LogP) is 4.24. The highest BCUT2D eigenvalue weighted by molar-refractivity contribution is 5.69. The van der Waals surface area contributed by atoms with Gasteiger partial charge in [-0.3, -0.25) is 4.79 Å². The van der Waals surface area contributed by atoms with Crippen LogP contribution < -0.4 is 0 Å². The summed E-state index contributed by atoms with van der Waals surface area (Å²) in [7, 11) is 0. The second kappa shape index (κ2) is 7.70. The highest BCUT2D eigenvalue weighted by Gasteiger charge is 2.20. The zero-order valence-corrected chi connectivity index (χ0v) is 10.6. The van der Waals surface area contributed by atoms with Crippen LogP contribution in [0.1, 0.15) is 71.1 Å². The molecule has 0 heterocycles. The van der Waals surface area contributed by atoms with E-state index in [1.807, 2.05) is 0 Å². The third-order valence-corrected chi connectivity index (χ3v) is 3.79. The van der Waals surface area contributed by atoms with Crippen LogP contribution in [0.3, 0.4) is 0 Å². The van der Waals surface area contributed by atoms with Crippen molar-refractivity contribution in [2.24, 2.45) is 11.8 Å². The lowest BCUT2D eigenvalue weighted by Gasteiger charge is -2.18. The third kappa shape index (κ3) is 5.53. The van der Waals surface area contributed by atoms with Crippen molar-refractivity contribution < 1.29 is 9.90 Å². The standard InChI is InChI=1S/C14H26O2/c1-12-9-7-5-3-2-4-6-8-10-13(11-12)14(15)16/h12-13H,2-11H2,1H3,(H,15,16). The van der Waals surface area contributed by atoms with E-state index in [4.69, 9.17) is 5.11 Å². The van der Waals surface area contributed by atoms with Crippen molar-refractivity contribution in [2.45, 2.75) is 71.1 Å². The molecule has 2 heteroatoms. The third-order valence-electron chi connectivity index (χ3n) is 3.79. The maximum absolute atomic E-state index is 11.1. The van der Waals surface area contributed by atoms with E-state index in [0.29, 0.717) is 5.92 Å². The molecule has 0 saturated heterocycles. The van der Waals surface area contributed by atoms with Crippen LogP contribution in [-0.2, 0) is 4.79 Å². The van der Waals surface area contributed by atoms with Crippen LogP contribution in [0.4, 0.5) is 0 Å². The van der Waals surface area contributed by atoms with Gasteiger partial charge in [-0.1, -0.05) is 58.3 Å². The van der Waals surface area contributed by atoms with Gasteiger partial charge in [-0.15, -0.1) is 0 Å². The number of hydrogen-bond acceptors (Lipinski definition) is 1. The number of rotatable bonds is 1. The van der Waals surface area contributed by atoms with Crippen LogP contribution in [0, 0.1) is 11.8 Å². The molecule has 0 bridgehead atoms. The molecule has 0 aromatic rings. The SMILES string of the molecule is CC1CCCCCCCCCC(C(=O)O)C1. The Hall–Kier alpha value is -0.530. The summed E-state index contributed by atoms with van der Waals surface area (Å²) >= 11 is 0. The Labute approximate surface area is 99.4 Å². The minimum Gasteiger partial charge on any atom is -0.481 e. The average molecular weight is 226 g/mol. The molecule has 0 aliphatic heterocycles. The molecule has 2 unspecified atom stereocenters. The number of carboxylic acid groups (broad SMARTS) is 1. The molecule has 0 aromatic heterocycles. The van der Waals surface area contributed by atoms with Crippen LogP contribution in [0.2, 0.25) is 0 Å². The van der Waals surface area contributed by atoms with E-state index in [9.17, 15) is 4.79 Å².